The average Bonchev–Trinajstić information content (AvgIpc) is 2.79. The third-order valence-corrected chi connectivity index (χ3v) is 7.23. The van der Waals surface area contributed by atoms with Gasteiger partial charge in [-0.2, -0.15) is 13.2 Å². The van der Waals surface area contributed by atoms with E-state index in [2.05, 4.69) is 10.3 Å². The summed E-state index contributed by atoms with van der Waals surface area (Å²) in [7, 11) is -3.42. The van der Waals surface area contributed by atoms with Crippen LogP contribution >= 0.6 is 0 Å². The molecule has 0 atom stereocenters. The van der Waals surface area contributed by atoms with E-state index in [4.69, 9.17) is 4.74 Å². The second-order valence-electron chi connectivity index (χ2n) is 10.3. The van der Waals surface area contributed by atoms with E-state index in [9.17, 15) is 35.6 Å². The van der Waals surface area contributed by atoms with Gasteiger partial charge in [0.2, 0.25) is 5.91 Å². The lowest BCUT2D eigenvalue weighted by atomic mass is 9.85. The number of aromatic nitrogens is 1. The number of carbonyl (C=O) groups is 1. The predicted molar refractivity (Wildman–Crippen MR) is 145 cm³/mol. The van der Waals surface area contributed by atoms with Crippen molar-refractivity contribution in [3.63, 3.8) is 0 Å². The molecule has 0 radical (unpaired) electrons. The first kappa shape index (κ1) is 30.9. The molecule has 0 saturated heterocycles. The quantitative estimate of drug-likeness (QED) is 0.312. The molecule has 1 amide bonds. The molecular formula is C28H30F4N2O5S. The van der Waals surface area contributed by atoms with E-state index in [0.29, 0.717) is 11.1 Å². The number of aromatic amines is 1. The fourth-order valence-electron chi connectivity index (χ4n) is 4.54. The van der Waals surface area contributed by atoms with E-state index >= 15 is 0 Å². The highest BCUT2D eigenvalue weighted by molar-refractivity contribution is 7.90. The summed E-state index contributed by atoms with van der Waals surface area (Å²) in [4.78, 5) is 26.7. The van der Waals surface area contributed by atoms with Gasteiger partial charge in [-0.25, -0.2) is 12.8 Å². The van der Waals surface area contributed by atoms with Gasteiger partial charge >= 0.3 is 6.18 Å². The average molecular weight is 583 g/mol. The summed E-state index contributed by atoms with van der Waals surface area (Å²) >= 11 is 0. The second kappa shape index (κ2) is 11.8. The SMILES string of the molecule is CCOc1cc(=O)[nH]cc1-c1ccc(CC(=O)Nc2ccc(CC(C)(C)CS(C)(=O)=O)c(C(F)(F)F)c2)c(F)c1. The number of carbonyl (C=O) groups excluding carboxylic acids is 1. The van der Waals surface area contributed by atoms with Crippen molar-refractivity contribution >= 4 is 21.4 Å². The highest BCUT2D eigenvalue weighted by Crippen LogP contribution is 2.37. The van der Waals surface area contributed by atoms with Gasteiger partial charge in [-0.1, -0.05) is 32.0 Å². The Morgan fingerprint density at radius 2 is 1.73 bits per heavy atom. The molecular weight excluding hydrogens is 552 g/mol. The molecule has 0 aliphatic rings. The zero-order valence-electron chi connectivity index (χ0n) is 22.4. The maximum Gasteiger partial charge on any atom is 0.416 e. The first-order valence-electron chi connectivity index (χ1n) is 12.3. The maximum absolute atomic E-state index is 14.9. The van der Waals surface area contributed by atoms with Gasteiger partial charge in [0.1, 0.15) is 21.4 Å². The summed E-state index contributed by atoms with van der Waals surface area (Å²) < 4.78 is 85.3. The molecule has 0 bridgehead atoms. The molecule has 1 aromatic heterocycles. The normalized spacial score (nSPS) is 12.3. The second-order valence-corrected chi connectivity index (χ2v) is 12.5. The summed E-state index contributed by atoms with van der Waals surface area (Å²) in [6.07, 6.45) is -2.93. The molecule has 12 heteroatoms. The Labute approximate surface area is 229 Å². The molecule has 0 aliphatic carbocycles. The molecule has 0 fully saturated rings. The highest BCUT2D eigenvalue weighted by atomic mass is 32.2. The molecule has 216 valence electrons. The van der Waals surface area contributed by atoms with Crippen LogP contribution in [0.15, 0.2) is 53.5 Å². The number of anilines is 1. The Morgan fingerprint density at radius 1 is 1.05 bits per heavy atom. The third kappa shape index (κ3) is 8.41. The number of amides is 1. The molecule has 1 heterocycles. The molecule has 7 nitrogen and oxygen atoms in total. The first-order chi connectivity index (χ1) is 18.5. The Hall–Kier alpha value is -3.67. The zero-order valence-corrected chi connectivity index (χ0v) is 23.2. The van der Waals surface area contributed by atoms with Crippen LogP contribution in [0.3, 0.4) is 0 Å². The van der Waals surface area contributed by atoms with Crippen LogP contribution in [0.4, 0.5) is 23.2 Å². The fraction of sp³-hybridized carbons (Fsp3) is 0.357. The van der Waals surface area contributed by atoms with E-state index in [1.807, 2.05) is 0 Å². The summed E-state index contributed by atoms with van der Waals surface area (Å²) in [5, 5.41) is 2.38. The monoisotopic (exact) mass is 582 g/mol. The Balaban J connectivity index is 1.80. The summed E-state index contributed by atoms with van der Waals surface area (Å²) in [5.74, 6) is -1.49. The smallest absolute Gasteiger partial charge is 0.416 e. The van der Waals surface area contributed by atoms with Crippen molar-refractivity contribution in [1.82, 2.24) is 4.98 Å². The van der Waals surface area contributed by atoms with Crippen molar-refractivity contribution in [3.8, 4) is 16.9 Å². The van der Waals surface area contributed by atoms with Crippen molar-refractivity contribution in [1.29, 1.82) is 0 Å². The number of hydrogen-bond donors (Lipinski definition) is 2. The Bertz CT molecular complexity index is 1560. The van der Waals surface area contributed by atoms with E-state index in [-0.39, 0.29) is 46.9 Å². The molecule has 3 rings (SSSR count). The largest absolute Gasteiger partial charge is 0.493 e. The molecule has 40 heavy (non-hydrogen) atoms. The number of alkyl halides is 3. The van der Waals surface area contributed by atoms with Crippen LogP contribution in [0.1, 0.15) is 37.5 Å². The van der Waals surface area contributed by atoms with Crippen molar-refractivity contribution in [3.05, 3.63) is 81.5 Å². The number of rotatable bonds is 10. The van der Waals surface area contributed by atoms with Crippen LogP contribution in [-0.4, -0.2) is 37.9 Å². The standard InChI is InChI=1S/C28H30F4N2O5S/c1-5-39-24-13-25(35)33-15-21(24)17-6-7-18(23(29)10-17)11-26(36)34-20-9-8-19(22(12-20)28(30,31)32)14-27(2,3)16-40(4,37)38/h6-10,12-13,15H,5,11,14,16H2,1-4H3,(H,33,35)(H,34,36). The number of benzene rings is 2. The minimum atomic E-state index is -4.75. The molecule has 0 spiro atoms. The predicted octanol–water partition coefficient (Wildman–Crippen LogP) is 5.39. The molecule has 0 saturated carbocycles. The van der Waals surface area contributed by atoms with Crippen LogP contribution < -0.4 is 15.6 Å². The lowest BCUT2D eigenvalue weighted by Gasteiger charge is -2.26. The summed E-state index contributed by atoms with van der Waals surface area (Å²) in [6.45, 7) is 5.15. The van der Waals surface area contributed by atoms with E-state index in [0.717, 1.165) is 12.3 Å². The van der Waals surface area contributed by atoms with Gasteiger partial charge in [0.25, 0.3) is 5.56 Å². The summed E-state index contributed by atoms with van der Waals surface area (Å²) in [5.41, 5.74) is -1.72. The number of nitrogens with one attached hydrogen (secondary N) is 2. The lowest BCUT2D eigenvalue weighted by Crippen LogP contribution is -2.27. The van der Waals surface area contributed by atoms with Gasteiger partial charge in [-0.15, -0.1) is 0 Å². The van der Waals surface area contributed by atoms with Crippen molar-refractivity contribution in [2.75, 3.05) is 23.9 Å². The lowest BCUT2D eigenvalue weighted by molar-refractivity contribution is -0.138. The van der Waals surface area contributed by atoms with Crippen molar-refractivity contribution in [2.45, 2.75) is 39.8 Å². The number of halogens is 4. The Kier molecular flexibility index (Phi) is 9.13. The minimum Gasteiger partial charge on any atom is -0.493 e. The van der Waals surface area contributed by atoms with E-state index < -0.39 is 45.1 Å². The molecule has 0 aliphatic heterocycles. The van der Waals surface area contributed by atoms with Gasteiger partial charge in [0.05, 0.1) is 24.3 Å². The van der Waals surface area contributed by atoms with E-state index in [1.54, 1.807) is 20.8 Å². The number of ether oxygens (including phenoxy) is 1. The topological polar surface area (TPSA) is 105 Å². The van der Waals surface area contributed by atoms with E-state index in [1.165, 1.54) is 42.6 Å². The molecule has 2 N–H and O–H groups in total. The number of hydrogen-bond acceptors (Lipinski definition) is 5. The number of H-pyrrole nitrogens is 1. The fourth-order valence-corrected chi connectivity index (χ4v) is 6.06. The van der Waals surface area contributed by atoms with Gasteiger partial charge in [-0.3, -0.25) is 9.59 Å². The molecule has 2 aromatic carbocycles. The van der Waals surface area contributed by atoms with Gasteiger partial charge < -0.3 is 15.0 Å². The first-order valence-corrected chi connectivity index (χ1v) is 14.4. The van der Waals surface area contributed by atoms with Gasteiger partial charge in [0, 0.05) is 29.8 Å². The Morgan fingerprint density at radius 3 is 2.33 bits per heavy atom. The van der Waals surface area contributed by atoms with Crippen LogP contribution in [-0.2, 0) is 33.6 Å². The van der Waals surface area contributed by atoms with Crippen LogP contribution in [0.5, 0.6) is 5.75 Å². The van der Waals surface area contributed by atoms with Gasteiger partial charge in [-0.05, 0) is 53.6 Å². The third-order valence-electron chi connectivity index (χ3n) is 5.92. The summed E-state index contributed by atoms with van der Waals surface area (Å²) in [6, 6.07) is 8.62. The zero-order chi connectivity index (χ0) is 29.9. The minimum absolute atomic E-state index is 0.0128. The van der Waals surface area contributed by atoms with Gasteiger partial charge in [0.15, 0.2) is 0 Å². The van der Waals surface area contributed by atoms with Crippen LogP contribution in [0, 0.1) is 11.2 Å². The van der Waals surface area contributed by atoms with Crippen LogP contribution in [0.25, 0.3) is 11.1 Å². The van der Waals surface area contributed by atoms with Crippen molar-refractivity contribution in [2.24, 2.45) is 5.41 Å². The molecule has 0 unspecified atom stereocenters. The van der Waals surface area contributed by atoms with Crippen molar-refractivity contribution < 1.29 is 35.5 Å². The number of pyridine rings is 1. The maximum atomic E-state index is 14.9. The van der Waals surface area contributed by atoms with Crippen LogP contribution in [0.2, 0.25) is 0 Å². The molecule has 3 aromatic rings. The highest BCUT2D eigenvalue weighted by Gasteiger charge is 2.36. The number of sulfone groups is 1.